The maximum absolute atomic E-state index is 12.5. The molecule has 2 atom stereocenters. The van der Waals surface area contributed by atoms with Crippen molar-refractivity contribution < 1.29 is 24.5 Å². The predicted molar refractivity (Wildman–Crippen MR) is 366 cm³/mol. The molecule has 0 saturated heterocycles. The summed E-state index contributed by atoms with van der Waals surface area (Å²) < 4.78 is 5.51. The maximum Gasteiger partial charge on any atom is 0.305 e. The minimum Gasteiger partial charge on any atom is -0.466 e. The Hall–Kier alpha value is -1.40. The van der Waals surface area contributed by atoms with E-state index in [0.717, 1.165) is 38.5 Å². The molecule has 83 heavy (non-hydrogen) atoms. The van der Waals surface area contributed by atoms with Crippen LogP contribution in [0.1, 0.15) is 444 Å². The van der Waals surface area contributed by atoms with Crippen molar-refractivity contribution >= 4 is 11.9 Å². The SMILES string of the molecule is CCCCCCCC/C=C\CCCCCCCCCC(=O)OCCCCCCCCCCCCCCCCCCCCCCCCCCCCCCCCCCCCCCCCCC(=O)NC(CO)C(O)CCCCCCCCCCCC. The minimum absolute atomic E-state index is 0.0216. The monoisotopic (exact) mass is 1170 g/mol. The Bertz CT molecular complexity index is 1260. The summed E-state index contributed by atoms with van der Waals surface area (Å²) >= 11 is 0. The average Bonchev–Trinajstić information content (AvgIpc) is 3.50. The lowest BCUT2D eigenvalue weighted by Gasteiger charge is -2.22. The van der Waals surface area contributed by atoms with Gasteiger partial charge in [0, 0.05) is 12.8 Å². The normalized spacial score (nSPS) is 12.5. The topological polar surface area (TPSA) is 95.9 Å². The number of aliphatic hydroxyl groups is 2. The van der Waals surface area contributed by atoms with E-state index in [1.165, 1.54) is 372 Å². The highest BCUT2D eigenvalue weighted by Gasteiger charge is 2.20. The first-order valence-corrected chi connectivity index (χ1v) is 38.4. The van der Waals surface area contributed by atoms with Crippen LogP contribution in [0.4, 0.5) is 0 Å². The molecule has 0 radical (unpaired) electrons. The van der Waals surface area contributed by atoms with Gasteiger partial charge in [0.05, 0.1) is 25.4 Å². The number of rotatable bonds is 73. The van der Waals surface area contributed by atoms with E-state index in [1.807, 2.05) is 0 Å². The van der Waals surface area contributed by atoms with Crippen molar-refractivity contribution in [3.8, 4) is 0 Å². The Morgan fingerprint density at radius 1 is 0.325 bits per heavy atom. The minimum atomic E-state index is -0.657. The van der Waals surface area contributed by atoms with E-state index in [9.17, 15) is 19.8 Å². The number of amides is 1. The van der Waals surface area contributed by atoms with Gasteiger partial charge in [0.15, 0.2) is 0 Å². The molecule has 0 spiro atoms. The highest BCUT2D eigenvalue weighted by atomic mass is 16.5. The van der Waals surface area contributed by atoms with Crippen LogP contribution in [0.5, 0.6) is 0 Å². The zero-order valence-corrected chi connectivity index (χ0v) is 56.7. The van der Waals surface area contributed by atoms with Crippen LogP contribution in [-0.2, 0) is 14.3 Å². The molecule has 2 unspecified atom stereocenters. The van der Waals surface area contributed by atoms with Gasteiger partial charge in [0.25, 0.3) is 0 Å². The Morgan fingerprint density at radius 2 is 0.566 bits per heavy atom. The van der Waals surface area contributed by atoms with Crippen LogP contribution in [0.2, 0.25) is 0 Å². The molecule has 0 heterocycles. The molecule has 6 nitrogen and oxygen atoms in total. The summed E-state index contributed by atoms with van der Waals surface area (Å²) in [5.41, 5.74) is 0. The molecular weight excluding hydrogens is 1020 g/mol. The second-order valence-corrected chi connectivity index (χ2v) is 26.7. The van der Waals surface area contributed by atoms with Crippen molar-refractivity contribution in [1.29, 1.82) is 0 Å². The highest BCUT2D eigenvalue weighted by Crippen LogP contribution is 2.20. The molecule has 0 saturated carbocycles. The first-order chi connectivity index (χ1) is 41.0. The molecule has 0 aliphatic rings. The third-order valence-electron chi connectivity index (χ3n) is 18.3. The van der Waals surface area contributed by atoms with E-state index in [4.69, 9.17) is 4.74 Å². The summed E-state index contributed by atoms with van der Waals surface area (Å²) in [6.07, 6.45) is 91.8. The van der Waals surface area contributed by atoms with Crippen LogP contribution >= 0.6 is 0 Å². The van der Waals surface area contributed by atoms with Crippen LogP contribution in [0.3, 0.4) is 0 Å². The molecule has 3 N–H and O–H groups in total. The summed E-state index contributed by atoms with van der Waals surface area (Å²) in [5.74, 6) is -0.00631. The Balaban J connectivity index is 3.25. The lowest BCUT2D eigenvalue weighted by atomic mass is 10.0. The number of allylic oxidation sites excluding steroid dienone is 2. The molecule has 0 aliphatic heterocycles. The molecule has 0 rings (SSSR count). The summed E-state index contributed by atoms with van der Waals surface area (Å²) in [5, 5.41) is 23.2. The van der Waals surface area contributed by atoms with Gasteiger partial charge in [-0.25, -0.2) is 0 Å². The van der Waals surface area contributed by atoms with E-state index >= 15 is 0 Å². The smallest absolute Gasteiger partial charge is 0.305 e. The molecule has 0 aromatic rings. The van der Waals surface area contributed by atoms with Crippen molar-refractivity contribution in [1.82, 2.24) is 5.32 Å². The number of esters is 1. The van der Waals surface area contributed by atoms with Crippen LogP contribution < -0.4 is 5.32 Å². The highest BCUT2D eigenvalue weighted by molar-refractivity contribution is 5.76. The number of nitrogens with one attached hydrogen (secondary N) is 1. The fraction of sp³-hybridized carbons (Fsp3) is 0.948. The first-order valence-electron chi connectivity index (χ1n) is 38.4. The van der Waals surface area contributed by atoms with Gasteiger partial charge in [-0.2, -0.15) is 0 Å². The van der Waals surface area contributed by atoms with Gasteiger partial charge < -0.3 is 20.3 Å². The van der Waals surface area contributed by atoms with Gasteiger partial charge in [-0.1, -0.05) is 392 Å². The van der Waals surface area contributed by atoms with E-state index in [-0.39, 0.29) is 18.5 Å². The zero-order chi connectivity index (χ0) is 59.9. The summed E-state index contributed by atoms with van der Waals surface area (Å²) in [6.45, 7) is 4.97. The molecule has 1 amide bonds. The van der Waals surface area contributed by atoms with Gasteiger partial charge in [0.2, 0.25) is 5.91 Å². The van der Waals surface area contributed by atoms with Crippen molar-refractivity contribution in [2.45, 2.75) is 456 Å². The van der Waals surface area contributed by atoms with Crippen LogP contribution in [-0.4, -0.2) is 47.4 Å². The number of carbonyl (C=O) groups is 2. The third-order valence-corrected chi connectivity index (χ3v) is 18.3. The summed E-state index contributed by atoms with van der Waals surface area (Å²) in [6, 6.07) is -0.534. The summed E-state index contributed by atoms with van der Waals surface area (Å²) in [7, 11) is 0. The van der Waals surface area contributed by atoms with Crippen molar-refractivity contribution in [3.05, 3.63) is 12.2 Å². The predicted octanol–water partition coefficient (Wildman–Crippen LogP) is 25.1. The van der Waals surface area contributed by atoms with Crippen molar-refractivity contribution in [2.75, 3.05) is 13.2 Å². The number of carbonyl (C=O) groups excluding carboxylic acids is 2. The molecule has 0 aromatic heterocycles. The average molecular weight is 1170 g/mol. The molecular formula is C77H151NO5. The van der Waals surface area contributed by atoms with Crippen LogP contribution in [0.15, 0.2) is 12.2 Å². The van der Waals surface area contributed by atoms with Crippen molar-refractivity contribution in [3.63, 3.8) is 0 Å². The first kappa shape index (κ1) is 81.6. The maximum atomic E-state index is 12.5. The van der Waals surface area contributed by atoms with E-state index in [1.54, 1.807) is 0 Å². The number of hydrogen-bond acceptors (Lipinski definition) is 5. The van der Waals surface area contributed by atoms with Crippen LogP contribution in [0.25, 0.3) is 0 Å². The fourth-order valence-corrected chi connectivity index (χ4v) is 12.5. The second-order valence-electron chi connectivity index (χ2n) is 26.7. The third kappa shape index (κ3) is 69.6. The molecule has 0 aromatic carbocycles. The van der Waals surface area contributed by atoms with Gasteiger partial charge in [-0.15, -0.1) is 0 Å². The Labute approximate surface area is 520 Å². The van der Waals surface area contributed by atoms with Gasteiger partial charge in [-0.05, 0) is 51.4 Å². The largest absolute Gasteiger partial charge is 0.466 e. The Morgan fingerprint density at radius 3 is 0.855 bits per heavy atom. The van der Waals surface area contributed by atoms with E-state index < -0.39 is 12.1 Å². The molecule has 0 bridgehead atoms. The van der Waals surface area contributed by atoms with Gasteiger partial charge in [0.1, 0.15) is 0 Å². The molecule has 494 valence electrons. The number of hydrogen-bond donors (Lipinski definition) is 3. The zero-order valence-electron chi connectivity index (χ0n) is 56.7. The van der Waals surface area contributed by atoms with Crippen LogP contribution in [0, 0.1) is 0 Å². The lowest BCUT2D eigenvalue weighted by Crippen LogP contribution is -2.45. The molecule has 0 aliphatic carbocycles. The van der Waals surface area contributed by atoms with Crippen molar-refractivity contribution in [2.24, 2.45) is 0 Å². The fourth-order valence-electron chi connectivity index (χ4n) is 12.5. The van der Waals surface area contributed by atoms with E-state index in [0.29, 0.717) is 25.9 Å². The number of unbranched alkanes of at least 4 members (excludes halogenated alkanes) is 60. The quantitative estimate of drug-likeness (QED) is 0.0320. The standard InChI is InChI=1S/C77H151NO5/c1-3-5-7-9-11-13-15-16-17-41-45-48-51-55-59-63-67-71-77(82)83-72-68-64-60-56-52-49-46-43-40-38-36-34-32-30-28-26-24-22-20-18-19-21-23-25-27-29-31-33-35-37-39-42-44-47-50-54-58-62-66-70-76(81)78-74(73-79)75(80)69-65-61-57-53-14-12-10-8-6-4-2/h16-17,74-75,79-80H,3-15,18-73H2,1-2H3,(H,78,81)/b17-16-. The van der Waals surface area contributed by atoms with E-state index in [2.05, 4.69) is 31.3 Å². The van der Waals surface area contributed by atoms with Gasteiger partial charge in [-0.3, -0.25) is 9.59 Å². The number of aliphatic hydroxyl groups excluding tert-OH is 2. The molecule has 6 heteroatoms. The second kappa shape index (κ2) is 73.1. The summed E-state index contributed by atoms with van der Waals surface area (Å²) in [4.78, 5) is 24.6. The number of ether oxygens (including phenoxy) is 1. The molecule has 0 fully saturated rings. The lowest BCUT2D eigenvalue weighted by molar-refractivity contribution is -0.143. The van der Waals surface area contributed by atoms with Gasteiger partial charge >= 0.3 is 5.97 Å². The Kier molecular flexibility index (Phi) is 71.8.